The van der Waals surface area contributed by atoms with Gasteiger partial charge in [-0.2, -0.15) is 4.98 Å². The molecule has 0 radical (unpaired) electrons. The second-order valence-corrected chi connectivity index (χ2v) is 8.54. The molecule has 3 aromatic rings. The van der Waals surface area contributed by atoms with E-state index in [0.29, 0.717) is 0 Å². The molecular weight excluding hydrogens is 441 g/mol. The summed E-state index contributed by atoms with van der Waals surface area (Å²) >= 11 is 0. The highest BCUT2D eigenvalue weighted by molar-refractivity contribution is 7.90. The Bertz CT molecular complexity index is 1310. The normalized spacial score (nSPS) is 11.0. The Hall–Kier alpha value is -4.06. The van der Waals surface area contributed by atoms with Crippen LogP contribution in [0.3, 0.4) is 0 Å². The second-order valence-electron chi connectivity index (χ2n) is 6.55. The molecule has 0 fully saturated rings. The first kappa shape index (κ1) is 22.6. The highest BCUT2D eigenvalue weighted by atomic mass is 32.2. The zero-order valence-electron chi connectivity index (χ0n) is 16.9. The molecule has 4 N–H and O–H groups in total. The molecule has 0 spiro atoms. The van der Waals surface area contributed by atoms with E-state index < -0.39 is 27.5 Å². The van der Waals surface area contributed by atoms with Crippen molar-refractivity contribution in [2.75, 3.05) is 23.9 Å². The summed E-state index contributed by atoms with van der Waals surface area (Å²) in [5.41, 5.74) is -0.163. The molecule has 0 saturated heterocycles. The molecule has 3 rings (SSSR count). The van der Waals surface area contributed by atoms with Crippen molar-refractivity contribution >= 4 is 44.9 Å². The number of para-hydroxylation sites is 1. The highest BCUT2D eigenvalue weighted by Gasteiger charge is 2.19. The van der Waals surface area contributed by atoms with E-state index in [0.717, 1.165) is 18.5 Å². The molecule has 166 valence electrons. The second kappa shape index (κ2) is 8.98. The van der Waals surface area contributed by atoms with Gasteiger partial charge in [0, 0.05) is 25.1 Å². The summed E-state index contributed by atoms with van der Waals surface area (Å²) in [5, 5.41) is 17.2. The van der Waals surface area contributed by atoms with Crippen molar-refractivity contribution in [2.45, 2.75) is 4.90 Å². The van der Waals surface area contributed by atoms with Crippen LogP contribution in [0.1, 0.15) is 20.7 Å². The molecule has 0 aliphatic carbocycles. The SMILES string of the molecule is CNC(=O)c1ccc(F)c(Nc2ncc(C(=O)O)c(Nc3ccccc3S(C)(=O)=O)n2)c1. The van der Waals surface area contributed by atoms with Gasteiger partial charge in [-0.15, -0.1) is 0 Å². The van der Waals surface area contributed by atoms with Gasteiger partial charge in [-0.1, -0.05) is 12.1 Å². The van der Waals surface area contributed by atoms with Gasteiger partial charge in [-0.3, -0.25) is 4.79 Å². The predicted molar refractivity (Wildman–Crippen MR) is 115 cm³/mol. The number of carboxylic acid groups (broad SMARTS) is 1. The number of aromatic carboxylic acids is 1. The molecule has 0 saturated carbocycles. The van der Waals surface area contributed by atoms with E-state index in [9.17, 15) is 27.5 Å². The lowest BCUT2D eigenvalue weighted by Crippen LogP contribution is -2.18. The molecule has 0 aliphatic rings. The highest BCUT2D eigenvalue weighted by Crippen LogP contribution is 2.27. The summed E-state index contributed by atoms with van der Waals surface area (Å²) < 4.78 is 38.3. The maximum absolute atomic E-state index is 14.2. The van der Waals surface area contributed by atoms with E-state index in [1.165, 1.54) is 37.4 Å². The molecule has 1 amide bonds. The molecule has 0 atom stereocenters. The zero-order chi connectivity index (χ0) is 23.5. The number of hydrogen-bond acceptors (Lipinski definition) is 8. The van der Waals surface area contributed by atoms with E-state index in [1.807, 2.05) is 0 Å². The first-order valence-electron chi connectivity index (χ1n) is 9.05. The number of hydrogen-bond donors (Lipinski definition) is 4. The van der Waals surface area contributed by atoms with Gasteiger partial charge in [0.1, 0.15) is 11.4 Å². The van der Waals surface area contributed by atoms with Crippen LogP contribution in [0.15, 0.2) is 53.6 Å². The van der Waals surface area contributed by atoms with Crippen LogP contribution in [-0.2, 0) is 9.84 Å². The number of nitrogens with zero attached hydrogens (tertiary/aromatic N) is 2. The lowest BCUT2D eigenvalue weighted by Gasteiger charge is -2.14. The summed E-state index contributed by atoms with van der Waals surface area (Å²) in [4.78, 5) is 31.3. The number of sulfone groups is 1. The van der Waals surface area contributed by atoms with E-state index in [4.69, 9.17) is 0 Å². The summed E-state index contributed by atoms with van der Waals surface area (Å²) in [6.07, 6.45) is 2.00. The Morgan fingerprint density at radius 1 is 1.06 bits per heavy atom. The van der Waals surface area contributed by atoms with Crippen molar-refractivity contribution in [3.63, 3.8) is 0 Å². The maximum Gasteiger partial charge on any atom is 0.341 e. The van der Waals surface area contributed by atoms with Crippen molar-refractivity contribution in [2.24, 2.45) is 0 Å². The number of aromatic nitrogens is 2. The molecule has 2 aromatic carbocycles. The third-order valence-corrected chi connectivity index (χ3v) is 5.42. The van der Waals surface area contributed by atoms with E-state index in [2.05, 4.69) is 25.9 Å². The third kappa shape index (κ3) is 4.98. The monoisotopic (exact) mass is 459 g/mol. The number of carboxylic acids is 1. The van der Waals surface area contributed by atoms with Gasteiger partial charge in [-0.25, -0.2) is 22.6 Å². The summed E-state index contributed by atoms with van der Waals surface area (Å²) in [5.74, 6) is -2.88. The maximum atomic E-state index is 14.2. The molecule has 0 aliphatic heterocycles. The van der Waals surface area contributed by atoms with E-state index in [-0.39, 0.29) is 39.2 Å². The van der Waals surface area contributed by atoms with Gasteiger partial charge in [0.05, 0.1) is 16.3 Å². The third-order valence-electron chi connectivity index (χ3n) is 4.26. The summed E-state index contributed by atoms with van der Waals surface area (Å²) in [6.45, 7) is 0. The van der Waals surface area contributed by atoms with Gasteiger partial charge in [0.15, 0.2) is 15.7 Å². The Morgan fingerprint density at radius 3 is 2.44 bits per heavy atom. The van der Waals surface area contributed by atoms with Crippen molar-refractivity contribution in [1.29, 1.82) is 0 Å². The average molecular weight is 459 g/mol. The lowest BCUT2D eigenvalue weighted by molar-refractivity contribution is 0.0697. The number of halogens is 1. The van der Waals surface area contributed by atoms with Gasteiger partial charge >= 0.3 is 5.97 Å². The van der Waals surface area contributed by atoms with Crippen LogP contribution < -0.4 is 16.0 Å². The van der Waals surface area contributed by atoms with Gasteiger partial charge in [-0.05, 0) is 30.3 Å². The summed E-state index contributed by atoms with van der Waals surface area (Å²) in [6, 6.07) is 9.52. The first-order valence-corrected chi connectivity index (χ1v) is 10.9. The van der Waals surface area contributed by atoms with Gasteiger partial charge in [0.2, 0.25) is 5.95 Å². The van der Waals surface area contributed by atoms with E-state index >= 15 is 0 Å². The Kier molecular flexibility index (Phi) is 6.35. The van der Waals surface area contributed by atoms with E-state index in [1.54, 1.807) is 6.07 Å². The molecule has 0 unspecified atom stereocenters. The molecule has 10 nitrogen and oxygen atoms in total. The molecule has 1 heterocycles. The van der Waals surface area contributed by atoms with Crippen LogP contribution in [-0.4, -0.2) is 48.7 Å². The molecule has 1 aromatic heterocycles. The fourth-order valence-corrected chi connectivity index (χ4v) is 3.59. The minimum absolute atomic E-state index is 0.0613. The standard InChI is InChI=1S/C20H18FN5O5S/c1-22-18(27)11-7-8-13(21)15(9-11)25-20-23-10-12(19(28)29)17(26-20)24-14-5-3-4-6-16(14)32(2,30)31/h3-10H,1-2H3,(H,22,27)(H,28,29)(H2,23,24,25,26). The quantitative estimate of drug-likeness (QED) is 0.418. The smallest absolute Gasteiger partial charge is 0.341 e. The number of amides is 1. The van der Waals surface area contributed by atoms with Gasteiger partial charge < -0.3 is 21.1 Å². The van der Waals surface area contributed by atoms with Crippen molar-refractivity contribution < 1.29 is 27.5 Å². The fraction of sp³-hybridized carbons (Fsp3) is 0.100. The van der Waals surface area contributed by atoms with Gasteiger partial charge in [0.25, 0.3) is 5.91 Å². The zero-order valence-corrected chi connectivity index (χ0v) is 17.7. The minimum atomic E-state index is -3.62. The van der Waals surface area contributed by atoms with Crippen molar-refractivity contribution in [3.05, 3.63) is 65.6 Å². The number of nitrogens with one attached hydrogen (secondary N) is 3. The average Bonchev–Trinajstić information content (AvgIpc) is 2.74. The minimum Gasteiger partial charge on any atom is -0.477 e. The molecule has 0 bridgehead atoms. The van der Waals surface area contributed by atoms with Crippen molar-refractivity contribution in [3.8, 4) is 0 Å². The number of rotatable bonds is 7. The molecular formula is C20H18FN5O5S. The van der Waals surface area contributed by atoms with Crippen LogP contribution in [0.5, 0.6) is 0 Å². The molecule has 12 heteroatoms. The van der Waals surface area contributed by atoms with Crippen LogP contribution in [0.4, 0.5) is 27.5 Å². The van der Waals surface area contributed by atoms with Crippen molar-refractivity contribution in [1.82, 2.24) is 15.3 Å². The fourth-order valence-electron chi connectivity index (χ4n) is 2.74. The van der Waals surface area contributed by atoms with Crippen LogP contribution in [0.2, 0.25) is 0 Å². The Labute approximate surface area is 182 Å². The van der Waals surface area contributed by atoms with Crippen LogP contribution >= 0.6 is 0 Å². The Morgan fingerprint density at radius 2 is 1.78 bits per heavy atom. The topological polar surface area (TPSA) is 150 Å². The molecule has 32 heavy (non-hydrogen) atoms. The lowest BCUT2D eigenvalue weighted by atomic mass is 10.2. The van der Waals surface area contributed by atoms with Crippen LogP contribution in [0, 0.1) is 5.82 Å². The number of benzene rings is 2. The number of carbonyl (C=O) groups is 2. The summed E-state index contributed by atoms with van der Waals surface area (Å²) in [7, 11) is -2.19. The predicted octanol–water partition coefficient (Wildman–Crippen LogP) is 2.56. The first-order chi connectivity index (χ1) is 15.1. The number of carbonyl (C=O) groups excluding carboxylic acids is 1. The number of anilines is 4. The Balaban J connectivity index is 2.02. The largest absolute Gasteiger partial charge is 0.477 e. The van der Waals surface area contributed by atoms with Crippen LogP contribution in [0.25, 0.3) is 0 Å².